The molecule has 0 spiro atoms. The van der Waals surface area contributed by atoms with Gasteiger partial charge in [-0.05, 0) is 31.0 Å². The number of carbonyl (C=O) groups is 1. The minimum atomic E-state index is -0.0747. The van der Waals surface area contributed by atoms with E-state index in [1.165, 1.54) is 0 Å². The quantitative estimate of drug-likeness (QED) is 0.230. The second-order valence-corrected chi connectivity index (χ2v) is 5.58. The molecule has 1 aromatic carbocycles. The number of benzene rings is 1. The zero-order valence-corrected chi connectivity index (χ0v) is 16.7. The van der Waals surface area contributed by atoms with Gasteiger partial charge in [-0.15, -0.1) is 24.0 Å². The lowest BCUT2D eigenvalue weighted by Crippen LogP contribution is -2.32. The highest BCUT2D eigenvalue weighted by Gasteiger charge is 2.04. The number of aliphatic imine (C=N–C) groups is 1. The van der Waals surface area contributed by atoms with Crippen LogP contribution in [0.5, 0.6) is 0 Å². The Kier molecular flexibility index (Phi) is 12.2. The van der Waals surface area contributed by atoms with Crippen LogP contribution in [0.1, 0.15) is 36.5 Å². The number of nitrogens with zero attached hydrogens (tertiary/aromatic N) is 1. The summed E-state index contributed by atoms with van der Waals surface area (Å²) in [4.78, 5) is 16.1. The van der Waals surface area contributed by atoms with Crippen molar-refractivity contribution in [1.82, 2.24) is 10.6 Å². The first-order chi connectivity index (χ1) is 10.1. The van der Waals surface area contributed by atoms with Gasteiger partial charge in [0.2, 0.25) is 0 Å². The van der Waals surface area contributed by atoms with Crippen molar-refractivity contribution in [3.05, 3.63) is 34.3 Å². The van der Waals surface area contributed by atoms with Crippen molar-refractivity contribution >= 4 is 51.8 Å². The van der Waals surface area contributed by atoms with Crippen molar-refractivity contribution in [1.29, 1.82) is 0 Å². The fraction of sp³-hybridized carbons (Fsp3) is 0.467. The number of carbonyl (C=O) groups excluding carboxylic acids is 1. The number of hydrogen-bond acceptors (Lipinski definition) is 2. The van der Waals surface area contributed by atoms with Crippen molar-refractivity contribution < 1.29 is 4.79 Å². The molecule has 0 bridgehead atoms. The van der Waals surface area contributed by atoms with E-state index in [-0.39, 0.29) is 29.9 Å². The largest absolute Gasteiger partial charge is 0.370 e. The molecule has 0 atom stereocenters. The van der Waals surface area contributed by atoms with Crippen LogP contribution in [0.3, 0.4) is 0 Å². The van der Waals surface area contributed by atoms with Crippen molar-refractivity contribution in [3.63, 3.8) is 0 Å². The van der Waals surface area contributed by atoms with Crippen molar-refractivity contribution in [2.75, 3.05) is 19.6 Å². The third-order valence-corrected chi connectivity index (χ3v) is 3.32. The zero-order chi connectivity index (χ0) is 15.5. The van der Waals surface area contributed by atoms with Gasteiger partial charge in [0.25, 0.3) is 5.91 Å². The maximum atomic E-state index is 11.9. The topological polar surface area (TPSA) is 79.5 Å². The van der Waals surface area contributed by atoms with Gasteiger partial charge in [0.1, 0.15) is 0 Å². The highest BCUT2D eigenvalue weighted by Crippen LogP contribution is 2.11. The van der Waals surface area contributed by atoms with Gasteiger partial charge in [-0.25, -0.2) is 0 Å². The van der Waals surface area contributed by atoms with E-state index in [1.807, 2.05) is 12.1 Å². The summed E-state index contributed by atoms with van der Waals surface area (Å²) in [6, 6.07) is 7.31. The number of rotatable bonds is 8. The van der Waals surface area contributed by atoms with Crippen LogP contribution in [0.25, 0.3) is 0 Å². The zero-order valence-electron chi connectivity index (χ0n) is 12.8. The molecule has 1 amide bonds. The van der Waals surface area contributed by atoms with E-state index in [2.05, 4.69) is 38.5 Å². The Morgan fingerprint density at radius 1 is 1.27 bits per heavy atom. The molecule has 0 aliphatic carbocycles. The van der Waals surface area contributed by atoms with E-state index in [1.54, 1.807) is 12.1 Å². The highest BCUT2D eigenvalue weighted by atomic mass is 127. The third-order valence-electron chi connectivity index (χ3n) is 2.83. The number of nitrogens with two attached hydrogens (primary N) is 1. The molecule has 0 unspecified atom stereocenters. The normalized spacial score (nSPS) is 10.7. The monoisotopic (exact) mass is 482 g/mol. The molecular formula is C15H24BrIN4O. The van der Waals surface area contributed by atoms with Gasteiger partial charge < -0.3 is 16.4 Å². The second kappa shape index (κ2) is 12.7. The van der Waals surface area contributed by atoms with Gasteiger partial charge in [0, 0.05) is 29.7 Å². The lowest BCUT2D eigenvalue weighted by Gasteiger charge is -2.06. The molecule has 0 aliphatic rings. The second-order valence-electron chi connectivity index (χ2n) is 4.67. The number of hydrogen-bond donors (Lipinski definition) is 3. The minimum Gasteiger partial charge on any atom is -0.370 e. The maximum Gasteiger partial charge on any atom is 0.251 e. The summed E-state index contributed by atoms with van der Waals surface area (Å²) in [5.41, 5.74) is 6.36. The highest BCUT2D eigenvalue weighted by molar-refractivity contribution is 14.0. The minimum absolute atomic E-state index is 0. The number of nitrogens with one attached hydrogen (secondary N) is 2. The van der Waals surface area contributed by atoms with Crippen LogP contribution in [0.2, 0.25) is 0 Å². The van der Waals surface area contributed by atoms with Crippen LogP contribution in [0.4, 0.5) is 0 Å². The predicted octanol–water partition coefficient (Wildman–Crippen LogP) is 2.89. The maximum absolute atomic E-state index is 11.9. The third kappa shape index (κ3) is 9.24. The number of unbranched alkanes of at least 4 members (excludes halogenated alkanes) is 1. The standard InChI is InChI=1S/C15H23BrN4O.HI/c1-2-3-8-19-15(17)20-10-5-9-18-14(21)12-6-4-7-13(16)11-12;/h4,6-7,11H,2-3,5,8-10H2,1H3,(H,18,21)(H3,17,19,20);1H. The summed E-state index contributed by atoms with van der Waals surface area (Å²) < 4.78 is 0.894. The first-order valence-corrected chi connectivity index (χ1v) is 8.00. The summed E-state index contributed by atoms with van der Waals surface area (Å²) in [5.74, 6) is 0.399. The number of halogens is 2. The molecule has 0 saturated carbocycles. The van der Waals surface area contributed by atoms with Crippen LogP contribution in [0.15, 0.2) is 33.7 Å². The van der Waals surface area contributed by atoms with Gasteiger partial charge >= 0.3 is 0 Å². The number of guanidine groups is 1. The van der Waals surface area contributed by atoms with Crippen LogP contribution < -0.4 is 16.4 Å². The summed E-state index contributed by atoms with van der Waals surface area (Å²) in [6.45, 7) is 4.16. The summed E-state index contributed by atoms with van der Waals surface area (Å²) in [6.07, 6.45) is 2.97. The molecule has 0 aliphatic heterocycles. The molecule has 1 aromatic rings. The lowest BCUT2D eigenvalue weighted by atomic mass is 10.2. The average Bonchev–Trinajstić information content (AvgIpc) is 2.47. The molecule has 0 radical (unpaired) electrons. The Morgan fingerprint density at radius 3 is 2.68 bits per heavy atom. The molecule has 22 heavy (non-hydrogen) atoms. The van der Waals surface area contributed by atoms with Crippen molar-refractivity contribution in [3.8, 4) is 0 Å². The van der Waals surface area contributed by atoms with E-state index >= 15 is 0 Å². The van der Waals surface area contributed by atoms with Crippen LogP contribution >= 0.6 is 39.9 Å². The Labute approximate surface area is 157 Å². The molecule has 0 saturated heterocycles. The van der Waals surface area contributed by atoms with Crippen molar-refractivity contribution in [2.24, 2.45) is 10.7 Å². The molecule has 4 N–H and O–H groups in total. The fourth-order valence-electron chi connectivity index (χ4n) is 1.66. The molecule has 1 rings (SSSR count). The van der Waals surface area contributed by atoms with Crippen LogP contribution in [-0.4, -0.2) is 31.5 Å². The summed E-state index contributed by atoms with van der Waals surface area (Å²) in [5, 5.41) is 5.91. The smallest absolute Gasteiger partial charge is 0.251 e. The van der Waals surface area contributed by atoms with E-state index in [4.69, 9.17) is 5.73 Å². The first kappa shape index (κ1) is 21.2. The first-order valence-electron chi connectivity index (χ1n) is 7.21. The Hall–Kier alpha value is -0.830. The van der Waals surface area contributed by atoms with Gasteiger partial charge in [-0.2, -0.15) is 0 Å². The van der Waals surface area contributed by atoms with Crippen LogP contribution in [0, 0.1) is 0 Å². The predicted molar refractivity (Wildman–Crippen MR) is 106 cm³/mol. The number of amides is 1. The fourth-order valence-corrected chi connectivity index (χ4v) is 2.06. The van der Waals surface area contributed by atoms with E-state index in [0.717, 1.165) is 30.3 Å². The molecule has 124 valence electrons. The lowest BCUT2D eigenvalue weighted by molar-refractivity contribution is 0.0953. The molecule has 0 fully saturated rings. The van der Waals surface area contributed by atoms with Crippen molar-refractivity contribution in [2.45, 2.75) is 26.2 Å². The van der Waals surface area contributed by atoms with E-state index in [9.17, 15) is 4.79 Å². The summed E-state index contributed by atoms with van der Waals surface area (Å²) >= 11 is 3.35. The molecule has 0 heterocycles. The van der Waals surface area contributed by atoms with Gasteiger partial charge in [-0.1, -0.05) is 35.3 Å². The SMILES string of the molecule is CCCCNC(N)=NCCCNC(=O)c1cccc(Br)c1.I. The van der Waals surface area contributed by atoms with Gasteiger partial charge in [-0.3, -0.25) is 9.79 Å². The average molecular weight is 483 g/mol. The van der Waals surface area contributed by atoms with E-state index in [0.29, 0.717) is 24.6 Å². The van der Waals surface area contributed by atoms with Gasteiger partial charge in [0.05, 0.1) is 0 Å². The van der Waals surface area contributed by atoms with Gasteiger partial charge in [0.15, 0.2) is 5.96 Å². The Balaban J connectivity index is 0.00000441. The Morgan fingerprint density at radius 2 is 2.00 bits per heavy atom. The van der Waals surface area contributed by atoms with E-state index < -0.39 is 0 Å². The molecule has 7 heteroatoms. The summed E-state index contributed by atoms with van der Waals surface area (Å²) in [7, 11) is 0. The molecule has 0 aromatic heterocycles. The van der Waals surface area contributed by atoms with Crippen LogP contribution in [-0.2, 0) is 0 Å². The molecule has 5 nitrogen and oxygen atoms in total. The molecular weight excluding hydrogens is 459 g/mol. The Bertz CT molecular complexity index is 482.